The second kappa shape index (κ2) is 8.80. The molecular weight excluding hydrogens is 324 g/mol. The Hall–Kier alpha value is -2.16. The third-order valence-corrected chi connectivity index (χ3v) is 4.44. The summed E-state index contributed by atoms with van der Waals surface area (Å²) in [6, 6.07) is 0.258. The van der Waals surface area contributed by atoms with Crippen LogP contribution in [0.4, 0.5) is 16.6 Å². The van der Waals surface area contributed by atoms with Crippen LogP contribution in [0.15, 0.2) is 6.20 Å². The number of nitrogens with one attached hydrogen (secondary N) is 2. The average Bonchev–Trinajstić information content (AvgIpc) is 3.15. The Morgan fingerprint density at radius 3 is 2.96 bits per heavy atom. The molecule has 25 heavy (non-hydrogen) atoms. The molecule has 1 amide bonds. The van der Waals surface area contributed by atoms with E-state index in [-0.39, 0.29) is 18.2 Å². The maximum Gasteiger partial charge on any atom is 0.409 e. The number of hydrogen-bond acceptors (Lipinski definition) is 8. The van der Waals surface area contributed by atoms with Crippen LogP contribution in [-0.4, -0.2) is 71.2 Å². The van der Waals surface area contributed by atoms with E-state index in [2.05, 4.69) is 25.8 Å². The number of likely N-dealkylation sites (tertiary alicyclic amines) is 1. The smallest absolute Gasteiger partial charge is 0.409 e. The van der Waals surface area contributed by atoms with Crippen molar-refractivity contribution in [2.24, 2.45) is 0 Å². The minimum absolute atomic E-state index is 0.229. The Bertz CT molecular complexity index is 559. The molecule has 1 atom stereocenters. The lowest BCUT2D eigenvalue weighted by atomic mass is 10.1. The molecule has 3 rings (SSSR count). The Morgan fingerprint density at radius 2 is 2.24 bits per heavy atom. The van der Waals surface area contributed by atoms with Crippen LogP contribution in [0.3, 0.4) is 0 Å². The molecule has 0 bridgehead atoms. The van der Waals surface area contributed by atoms with Crippen LogP contribution in [0.1, 0.15) is 32.6 Å². The fraction of sp³-hybridized carbons (Fsp3) is 0.750. The van der Waals surface area contributed by atoms with Crippen LogP contribution in [0.25, 0.3) is 0 Å². The number of amides is 1. The van der Waals surface area contributed by atoms with Gasteiger partial charge in [-0.2, -0.15) is 10.1 Å². The molecule has 2 fully saturated rings. The lowest BCUT2D eigenvalue weighted by Crippen LogP contribution is -2.42. The summed E-state index contributed by atoms with van der Waals surface area (Å²) in [5.41, 5.74) is 0. The first-order valence-electron chi connectivity index (χ1n) is 8.98. The highest BCUT2D eigenvalue weighted by Crippen LogP contribution is 2.16. The fourth-order valence-corrected chi connectivity index (χ4v) is 3.09. The molecule has 1 aromatic heterocycles. The number of nitrogens with zero attached hydrogens (tertiary/aromatic N) is 4. The summed E-state index contributed by atoms with van der Waals surface area (Å²) < 4.78 is 10.6. The third kappa shape index (κ3) is 5.15. The number of carbonyl (C=O) groups is 1. The number of anilines is 2. The van der Waals surface area contributed by atoms with Crippen molar-refractivity contribution in [1.29, 1.82) is 0 Å². The summed E-state index contributed by atoms with van der Waals surface area (Å²) in [6.07, 6.45) is 5.49. The zero-order valence-electron chi connectivity index (χ0n) is 14.6. The van der Waals surface area contributed by atoms with E-state index in [4.69, 9.17) is 9.47 Å². The number of piperidine rings is 1. The molecule has 0 spiro atoms. The van der Waals surface area contributed by atoms with Gasteiger partial charge in [-0.1, -0.05) is 0 Å². The van der Waals surface area contributed by atoms with Crippen LogP contribution in [0, 0.1) is 0 Å². The van der Waals surface area contributed by atoms with Gasteiger partial charge in [0.25, 0.3) is 0 Å². The number of carbonyl (C=O) groups excluding carboxylic acids is 1. The molecule has 138 valence electrons. The van der Waals surface area contributed by atoms with Gasteiger partial charge in [0.2, 0.25) is 5.95 Å². The minimum Gasteiger partial charge on any atom is -0.450 e. The second-order valence-corrected chi connectivity index (χ2v) is 6.29. The van der Waals surface area contributed by atoms with E-state index in [1.807, 2.05) is 6.92 Å². The molecular formula is C16H26N6O3. The summed E-state index contributed by atoms with van der Waals surface area (Å²) >= 11 is 0. The van der Waals surface area contributed by atoms with Gasteiger partial charge in [-0.15, -0.1) is 5.10 Å². The van der Waals surface area contributed by atoms with Gasteiger partial charge >= 0.3 is 6.09 Å². The lowest BCUT2D eigenvalue weighted by molar-refractivity contribution is 0.0983. The molecule has 1 aromatic rings. The summed E-state index contributed by atoms with van der Waals surface area (Å²) in [4.78, 5) is 17.9. The van der Waals surface area contributed by atoms with E-state index in [1.165, 1.54) is 0 Å². The molecule has 9 nitrogen and oxygen atoms in total. The van der Waals surface area contributed by atoms with Gasteiger partial charge in [0, 0.05) is 32.3 Å². The van der Waals surface area contributed by atoms with E-state index in [1.54, 1.807) is 11.1 Å². The Morgan fingerprint density at radius 1 is 1.40 bits per heavy atom. The van der Waals surface area contributed by atoms with Crippen molar-refractivity contribution in [2.45, 2.75) is 44.8 Å². The molecule has 2 saturated heterocycles. The van der Waals surface area contributed by atoms with Crippen molar-refractivity contribution < 1.29 is 14.3 Å². The van der Waals surface area contributed by atoms with Gasteiger partial charge in [0.15, 0.2) is 5.82 Å². The van der Waals surface area contributed by atoms with E-state index in [9.17, 15) is 4.79 Å². The number of ether oxygens (including phenoxy) is 2. The number of rotatable bonds is 6. The molecule has 0 aliphatic carbocycles. The van der Waals surface area contributed by atoms with Gasteiger partial charge in [-0.25, -0.2) is 4.79 Å². The van der Waals surface area contributed by atoms with Gasteiger partial charge in [-0.05, 0) is 32.6 Å². The van der Waals surface area contributed by atoms with Crippen molar-refractivity contribution in [1.82, 2.24) is 20.1 Å². The topological polar surface area (TPSA) is 102 Å². The summed E-state index contributed by atoms with van der Waals surface area (Å²) in [5.74, 6) is 1.20. The third-order valence-electron chi connectivity index (χ3n) is 4.44. The monoisotopic (exact) mass is 350 g/mol. The fourth-order valence-electron chi connectivity index (χ4n) is 3.09. The van der Waals surface area contributed by atoms with E-state index in [0.717, 1.165) is 32.3 Å². The van der Waals surface area contributed by atoms with Crippen LogP contribution in [0.2, 0.25) is 0 Å². The van der Waals surface area contributed by atoms with Crippen molar-refractivity contribution in [3.8, 4) is 0 Å². The summed E-state index contributed by atoms with van der Waals surface area (Å²) in [5, 5.41) is 14.6. The van der Waals surface area contributed by atoms with Gasteiger partial charge in [0.1, 0.15) is 0 Å². The normalized spacial score (nSPS) is 21.2. The zero-order valence-corrected chi connectivity index (χ0v) is 14.6. The van der Waals surface area contributed by atoms with Crippen molar-refractivity contribution in [3.05, 3.63) is 6.20 Å². The minimum atomic E-state index is -0.231. The Kier molecular flexibility index (Phi) is 6.21. The summed E-state index contributed by atoms with van der Waals surface area (Å²) in [7, 11) is 0. The van der Waals surface area contributed by atoms with Crippen molar-refractivity contribution in [3.63, 3.8) is 0 Å². The predicted molar refractivity (Wildman–Crippen MR) is 92.5 cm³/mol. The zero-order chi connectivity index (χ0) is 17.5. The summed E-state index contributed by atoms with van der Waals surface area (Å²) in [6.45, 7) is 5.11. The maximum atomic E-state index is 11.7. The lowest BCUT2D eigenvalue weighted by Gasteiger charge is -2.31. The van der Waals surface area contributed by atoms with Gasteiger partial charge < -0.3 is 25.0 Å². The number of hydrogen-bond donors (Lipinski definition) is 2. The van der Waals surface area contributed by atoms with E-state index >= 15 is 0 Å². The first-order valence-corrected chi connectivity index (χ1v) is 8.98. The molecule has 0 aromatic carbocycles. The predicted octanol–water partition coefficient (Wildman–Crippen LogP) is 1.50. The molecule has 9 heteroatoms. The molecule has 0 radical (unpaired) electrons. The van der Waals surface area contributed by atoms with Gasteiger partial charge in [-0.3, -0.25) is 0 Å². The van der Waals surface area contributed by atoms with Crippen LogP contribution < -0.4 is 10.6 Å². The highest BCUT2D eigenvalue weighted by atomic mass is 16.6. The van der Waals surface area contributed by atoms with Crippen LogP contribution in [0.5, 0.6) is 0 Å². The quantitative estimate of drug-likeness (QED) is 0.796. The highest BCUT2D eigenvalue weighted by Gasteiger charge is 2.24. The van der Waals surface area contributed by atoms with Crippen molar-refractivity contribution >= 4 is 17.9 Å². The largest absolute Gasteiger partial charge is 0.450 e. The Labute approximate surface area is 147 Å². The molecule has 2 aliphatic rings. The molecule has 2 aliphatic heterocycles. The SMILES string of the molecule is CCOC(=O)N1CCC(Nc2cnnc(NCC3CCCO3)n2)CC1. The van der Waals surface area contributed by atoms with Crippen LogP contribution in [-0.2, 0) is 9.47 Å². The second-order valence-electron chi connectivity index (χ2n) is 6.29. The van der Waals surface area contributed by atoms with Crippen molar-refractivity contribution in [2.75, 3.05) is 43.5 Å². The molecule has 2 N–H and O–H groups in total. The molecule has 1 unspecified atom stereocenters. The Balaban J connectivity index is 1.45. The van der Waals surface area contributed by atoms with E-state index in [0.29, 0.717) is 38.0 Å². The van der Waals surface area contributed by atoms with Gasteiger partial charge in [0.05, 0.1) is 18.9 Å². The van der Waals surface area contributed by atoms with E-state index < -0.39 is 0 Å². The average molecular weight is 350 g/mol. The first kappa shape index (κ1) is 17.7. The highest BCUT2D eigenvalue weighted by molar-refractivity contribution is 5.67. The standard InChI is InChI=1S/C16H26N6O3/c1-2-24-16(23)22-7-5-12(6-8-22)19-14-11-18-21-15(20-14)17-10-13-4-3-9-25-13/h11-13H,2-10H2,1H3,(H2,17,19,20,21). The number of aromatic nitrogens is 3. The molecule has 0 saturated carbocycles. The maximum absolute atomic E-state index is 11.7. The van der Waals surface area contributed by atoms with Crippen LogP contribution >= 0.6 is 0 Å². The molecule has 3 heterocycles. The first-order chi connectivity index (χ1) is 12.2.